The Morgan fingerprint density at radius 2 is 2.10 bits per heavy atom. The van der Waals surface area contributed by atoms with E-state index in [9.17, 15) is 18.0 Å². The number of carboxylic acids is 1. The number of rotatable bonds is 7. The van der Waals surface area contributed by atoms with E-state index in [1.165, 1.54) is 6.07 Å². The third-order valence-electron chi connectivity index (χ3n) is 2.60. The summed E-state index contributed by atoms with van der Waals surface area (Å²) in [5, 5.41) is 9.56. The molecule has 0 aliphatic rings. The maximum absolute atomic E-state index is 11.8. The molecule has 0 spiro atoms. The molecule has 0 aromatic heterocycles. The lowest BCUT2D eigenvalue weighted by atomic mass is 9.94. The van der Waals surface area contributed by atoms with E-state index in [1.807, 2.05) is 0 Å². The summed E-state index contributed by atoms with van der Waals surface area (Å²) in [7, 11) is 0. The van der Waals surface area contributed by atoms with E-state index in [0.29, 0.717) is 10.6 Å². The van der Waals surface area contributed by atoms with Crippen LogP contribution in [0.5, 0.6) is 0 Å². The molecule has 1 N–H and O–H groups in total. The molecule has 20 heavy (non-hydrogen) atoms. The van der Waals surface area contributed by atoms with Gasteiger partial charge in [-0.2, -0.15) is 13.2 Å². The van der Waals surface area contributed by atoms with Gasteiger partial charge in [0.05, 0.1) is 5.92 Å². The molecule has 7 heteroatoms. The van der Waals surface area contributed by atoms with Crippen LogP contribution in [-0.4, -0.2) is 30.5 Å². The Hall–Kier alpha value is -1.27. The van der Waals surface area contributed by atoms with Crippen molar-refractivity contribution in [2.75, 3.05) is 13.2 Å². The predicted molar refractivity (Wildman–Crippen MR) is 67.9 cm³/mol. The van der Waals surface area contributed by atoms with Crippen LogP contribution in [0.1, 0.15) is 24.3 Å². The molecule has 0 amide bonds. The summed E-state index contributed by atoms with van der Waals surface area (Å²) >= 11 is 5.78. The van der Waals surface area contributed by atoms with E-state index in [4.69, 9.17) is 16.7 Å². The van der Waals surface area contributed by atoms with Crippen molar-refractivity contribution >= 4 is 17.6 Å². The summed E-state index contributed by atoms with van der Waals surface area (Å²) in [5.41, 5.74) is 0.529. The van der Waals surface area contributed by atoms with Gasteiger partial charge in [0.2, 0.25) is 0 Å². The summed E-state index contributed by atoms with van der Waals surface area (Å²) in [5.74, 6) is -1.84. The zero-order chi connectivity index (χ0) is 15.2. The fourth-order valence-corrected chi connectivity index (χ4v) is 1.93. The van der Waals surface area contributed by atoms with Gasteiger partial charge in [0.25, 0.3) is 0 Å². The van der Waals surface area contributed by atoms with Gasteiger partial charge in [-0.05, 0) is 30.5 Å². The normalized spacial score (nSPS) is 13.2. The highest BCUT2D eigenvalue weighted by Crippen LogP contribution is 2.24. The standard InChI is InChI=1S/C13H14ClF3O3/c14-10-4-1-3-9(7-10)11(12(18)19)5-2-6-20-8-13(15,16)17/h1,3-4,7,11H,2,5-6,8H2,(H,18,19). The molecule has 0 saturated carbocycles. The molecule has 0 heterocycles. The lowest BCUT2D eigenvalue weighted by molar-refractivity contribution is -0.174. The number of ether oxygens (including phenoxy) is 1. The minimum atomic E-state index is -4.36. The summed E-state index contributed by atoms with van der Waals surface area (Å²) in [4.78, 5) is 11.2. The Morgan fingerprint density at radius 3 is 2.65 bits per heavy atom. The highest BCUT2D eigenvalue weighted by molar-refractivity contribution is 6.30. The van der Waals surface area contributed by atoms with E-state index >= 15 is 0 Å². The third kappa shape index (κ3) is 6.25. The lowest BCUT2D eigenvalue weighted by Gasteiger charge is -2.13. The van der Waals surface area contributed by atoms with Gasteiger partial charge in [0, 0.05) is 11.6 Å². The summed E-state index contributed by atoms with van der Waals surface area (Å²) in [6, 6.07) is 6.42. The topological polar surface area (TPSA) is 46.5 Å². The molecule has 0 aliphatic carbocycles. The molecule has 0 bridgehead atoms. The largest absolute Gasteiger partial charge is 0.481 e. The van der Waals surface area contributed by atoms with Crippen LogP contribution in [0.2, 0.25) is 5.02 Å². The highest BCUT2D eigenvalue weighted by Gasteiger charge is 2.27. The van der Waals surface area contributed by atoms with Crippen molar-refractivity contribution < 1.29 is 27.8 Å². The SMILES string of the molecule is O=C(O)C(CCCOCC(F)(F)F)c1cccc(Cl)c1. The van der Waals surface area contributed by atoms with Crippen molar-refractivity contribution in [1.82, 2.24) is 0 Å². The monoisotopic (exact) mass is 310 g/mol. The van der Waals surface area contributed by atoms with E-state index in [2.05, 4.69) is 4.74 Å². The quantitative estimate of drug-likeness (QED) is 0.778. The maximum Gasteiger partial charge on any atom is 0.411 e. The molecule has 0 radical (unpaired) electrons. The van der Waals surface area contributed by atoms with Crippen LogP contribution in [0.3, 0.4) is 0 Å². The van der Waals surface area contributed by atoms with Crippen LogP contribution in [0, 0.1) is 0 Å². The number of halogens is 4. The average Bonchev–Trinajstić information content (AvgIpc) is 2.31. The van der Waals surface area contributed by atoms with E-state index in [0.717, 1.165) is 0 Å². The first-order valence-corrected chi connectivity index (χ1v) is 6.30. The second-order valence-electron chi connectivity index (χ2n) is 4.26. The molecule has 0 fully saturated rings. The molecule has 1 aromatic rings. The van der Waals surface area contributed by atoms with Crippen LogP contribution >= 0.6 is 11.6 Å². The third-order valence-corrected chi connectivity index (χ3v) is 2.83. The van der Waals surface area contributed by atoms with Crippen molar-refractivity contribution in [2.24, 2.45) is 0 Å². The fraction of sp³-hybridized carbons (Fsp3) is 0.462. The molecule has 1 unspecified atom stereocenters. The first kappa shape index (κ1) is 16.8. The van der Waals surface area contributed by atoms with Crippen LogP contribution in [0.25, 0.3) is 0 Å². The Balaban J connectivity index is 2.47. The summed E-state index contributed by atoms with van der Waals surface area (Å²) in [6.45, 7) is -1.45. The highest BCUT2D eigenvalue weighted by atomic mass is 35.5. The number of carbonyl (C=O) groups is 1. The Labute approximate surface area is 119 Å². The Bertz CT molecular complexity index is 449. The van der Waals surface area contributed by atoms with E-state index in [1.54, 1.807) is 18.2 Å². The smallest absolute Gasteiger partial charge is 0.411 e. The number of carboxylic acid groups (broad SMARTS) is 1. The fourth-order valence-electron chi connectivity index (χ4n) is 1.73. The number of benzene rings is 1. The number of alkyl halides is 3. The second-order valence-corrected chi connectivity index (χ2v) is 4.69. The van der Waals surface area contributed by atoms with Crippen LogP contribution in [0.4, 0.5) is 13.2 Å². The molecule has 3 nitrogen and oxygen atoms in total. The Morgan fingerprint density at radius 1 is 1.40 bits per heavy atom. The second kappa shape index (κ2) is 7.50. The minimum absolute atomic E-state index is 0.135. The zero-order valence-electron chi connectivity index (χ0n) is 10.5. The van der Waals surface area contributed by atoms with Crippen molar-refractivity contribution in [2.45, 2.75) is 24.9 Å². The van der Waals surface area contributed by atoms with Crippen molar-refractivity contribution in [3.05, 3.63) is 34.9 Å². The van der Waals surface area contributed by atoms with Crippen molar-refractivity contribution in [3.63, 3.8) is 0 Å². The van der Waals surface area contributed by atoms with Gasteiger partial charge >= 0.3 is 12.1 Å². The molecule has 1 rings (SSSR count). The van der Waals surface area contributed by atoms with Gasteiger partial charge in [-0.3, -0.25) is 4.79 Å². The van der Waals surface area contributed by atoms with Crippen LogP contribution in [-0.2, 0) is 9.53 Å². The van der Waals surface area contributed by atoms with Crippen molar-refractivity contribution in [3.8, 4) is 0 Å². The van der Waals surface area contributed by atoms with Gasteiger partial charge in [-0.25, -0.2) is 0 Å². The number of hydrogen-bond donors (Lipinski definition) is 1. The summed E-state index contributed by atoms with van der Waals surface area (Å²) in [6.07, 6.45) is -3.95. The molecule has 1 aromatic carbocycles. The van der Waals surface area contributed by atoms with Crippen molar-refractivity contribution in [1.29, 1.82) is 0 Å². The minimum Gasteiger partial charge on any atom is -0.481 e. The van der Waals surface area contributed by atoms with E-state index in [-0.39, 0.29) is 19.4 Å². The van der Waals surface area contributed by atoms with E-state index < -0.39 is 24.7 Å². The first-order chi connectivity index (χ1) is 9.29. The van der Waals surface area contributed by atoms with Gasteiger partial charge in [0.15, 0.2) is 0 Å². The molecular formula is C13H14ClF3O3. The first-order valence-electron chi connectivity index (χ1n) is 5.92. The number of aliphatic carboxylic acids is 1. The molecule has 112 valence electrons. The van der Waals surface area contributed by atoms with Gasteiger partial charge in [0.1, 0.15) is 6.61 Å². The van der Waals surface area contributed by atoms with Gasteiger partial charge < -0.3 is 9.84 Å². The molecule has 1 atom stereocenters. The number of hydrogen-bond acceptors (Lipinski definition) is 2. The predicted octanol–water partition coefficient (Wildman–Crippen LogP) is 3.87. The zero-order valence-corrected chi connectivity index (χ0v) is 11.2. The maximum atomic E-state index is 11.8. The summed E-state index contributed by atoms with van der Waals surface area (Å²) < 4.78 is 40.0. The molecule has 0 saturated heterocycles. The van der Waals surface area contributed by atoms with Crippen LogP contribution in [0.15, 0.2) is 24.3 Å². The van der Waals surface area contributed by atoms with Gasteiger partial charge in [-0.1, -0.05) is 23.7 Å². The Kier molecular flexibility index (Phi) is 6.29. The van der Waals surface area contributed by atoms with Crippen LogP contribution < -0.4 is 0 Å². The van der Waals surface area contributed by atoms with Gasteiger partial charge in [-0.15, -0.1) is 0 Å². The average molecular weight is 311 g/mol. The molecular weight excluding hydrogens is 297 g/mol. The lowest BCUT2D eigenvalue weighted by Crippen LogP contribution is -2.18. The molecule has 0 aliphatic heterocycles.